The molecule has 41 heavy (non-hydrogen) atoms. The van der Waals surface area contributed by atoms with Gasteiger partial charge in [0.2, 0.25) is 0 Å². The van der Waals surface area contributed by atoms with Crippen molar-refractivity contribution in [3.63, 3.8) is 0 Å². The van der Waals surface area contributed by atoms with Crippen LogP contribution < -0.4 is 0 Å². The Labute approximate surface area is 263 Å². The molecule has 0 aliphatic carbocycles. The standard InChI is InChI=1S/C41H82/c1-4-7-10-12-14-16-18-20-22-24-26-28-30-32-34-36-39-41(38-9-6-3)40-37-35-33-31-29-27-25-23-21-19-17-15-13-11-8-5-2/h38H,4-37,39-40H2,1-3H3. The Morgan fingerprint density at radius 2 is 0.488 bits per heavy atom. The van der Waals surface area contributed by atoms with E-state index in [0.717, 1.165) is 0 Å². The van der Waals surface area contributed by atoms with E-state index >= 15 is 0 Å². The van der Waals surface area contributed by atoms with E-state index in [9.17, 15) is 0 Å². The van der Waals surface area contributed by atoms with Crippen molar-refractivity contribution < 1.29 is 0 Å². The number of hydrogen-bond donors (Lipinski definition) is 0. The van der Waals surface area contributed by atoms with Crippen LogP contribution in [0.25, 0.3) is 0 Å². The average Bonchev–Trinajstić information content (AvgIpc) is 2.98. The van der Waals surface area contributed by atoms with Crippen LogP contribution in [0.5, 0.6) is 0 Å². The van der Waals surface area contributed by atoms with Gasteiger partial charge in [-0.1, -0.05) is 231 Å². The van der Waals surface area contributed by atoms with E-state index in [1.807, 2.05) is 0 Å². The Morgan fingerprint density at radius 3 is 0.707 bits per heavy atom. The van der Waals surface area contributed by atoms with Crippen molar-refractivity contribution in [3.05, 3.63) is 11.6 Å². The topological polar surface area (TPSA) is 0 Å². The molecular formula is C41H82. The zero-order valence-electron chi connectivity index (χ0n) is 29.5. The second-order valence-corrected chi connectivity index (χ2v) is 13.8. The molecule has 0 bridgehead atoms. The predicted octanol–water partition coefficient (Wildman–Crippen LogP) is 16.0. The monoisotopic (exact) mass is 575 g/mol. The van der Waals surface area contributed by atoms with Gasteiger partial charge in [-0.05, 0) is 32.1 Å². The van der Waals surface area contributed by atoms with Gasteiger partial charge in [-0.25, -0.2) is 0 Å². The summed E-state index contributed by atoms with van der Waals surface area (Å²) in [6, 6.07) is 0. The molecule has 246 valence electrons. The third-order valence-corrected chi connectivity index (χ3v) is 9.42. The van der Waals surface area contributed by atoms with Crippen molar-refractivity contribution in [2.45, 2.75) is 252 Å². The van der Waals surface area contributed by atoms with Crippen molar-refractivity contribution >= 4 is 0 Å². The quantitative estimate of drug-likeness (QED) is 0.0515. The first-order valence-electron chi connectivity index (χ1n) is 20.0. The third-order valence-electron chi connectivity index (χ3n) is 9.42. The lowest BCUT2D eigenvalue weighted by molar-refractivity contribution is 0.525. The van der Waals surface area contributed by atoms with E-state index in [1.54, 1.807) is 5.57 Å². The minimum Gasteiger partial charge on any atom is -0.0853 e. The lowest BCUT2D eigenvalue weighted by Crippen LogP contribution is -1.89. The van der Waals surface area contributed by atoms with E-state index < -0.39 is 0 Å². The Kier molecular flexibility index (Phi) is 37.5. The molecule has 0 N–H and O–H groups in total. The summed E-state index contributed by atoms with van der Waals surface area (Å²) >= 11 is 0. The molecule has 0 heterocycles. The van der Waals surface area contributed by atoms with Gasteiger partial charge >= 0.3 is 0 Å². The molecule has 0 aliphatic heterocycles. The summed E-state index contributed by atoms with van der Waals surface area (Å²) in [6.45, 7) is 6.95. The Balaban J connectivity index is 3.47. The molecule has 0 aromatic rings. The van der Waals surface area contributed by atoms with Gasteiger partial charge in [-0.3, -0.25) is 0 Å². The summed E-state index contributed by atoms with van der Waals surface area (Å²) in [5, 5.41) is 0. The molecule has 0 nitrogen and oxygen atoms in total. The van der Waals surface area contributed by atoms with E-state index in [1.165, 1.54) is 231 Å². The zero-order valence-corrected chi connectivity index (χ0v) is 29.5. The molecule has 0 heteroatoms. The normalized spacial score (nSPS) is 11.4. The van der Waals surface area contributed by atoms with Gasteiger partial charge in [0.05, 0.1) is 0 Å². The first-order valence-corrected chi connectivity index (χ1v) is 20.0. The van der Waals surface area contributed by atoms with Gasteiger partial charge in [-0.2, -0.15) is 0 Å². The van der Waals surface area contributed by atoms with Crippen molar-refractivity contribution in [2.75, 3.05) is 0 Å². The van der Waals surface area contributed by atoms with Crippen molar-refractivity contribution in [2.24, 2.45) is 0 Å². The Bertz CT molecular complexity index is 436. The molecule has 0 saturated carbocycles. The van der Waals surface area contributed by atoms with Gasteiger partial charge in [0.25, 0.3) is 0 Å². The molecule has 0 fully saturated rings. The van der Waals surface area contributed by atoms with Crippen molar-refractivity contribution in [1.29, 1.82) is 0 Å². The van der Waals surface area contributed by atoms with Crippen LogP contribution in [0.2, 0.25) is 0 Å². The number of rotatable bonds is 36. The molecule has 0 saturated heterocycles. The van der Waals surface area contributed by atoms with Crippen LogP contribution in [0.1, 0.15) is 252 Å². The van der Waals surface area contributed by atoms with Crippen LogP contribution in [0.15, 0.2) is 11.6 Å². The minimum atomic E-state index is 1.30. The van der Waals surface area contributed by atoms with Gasteiger partial charge in [0, 0.05) is 0 Å². The highest BCUT2D eigenvalue weighted by Gasteiger charge is 2.01. The largest absolute Gasteiger partial charge is 0.0853 e. The Hall–Kier alpha value is -0.260. The van der Waals surface area contributed by atoms with Gasteiger partial charge in [-0.15, -0.1) is 0 Å². The summed E-state index contributed by atoms with van der Waals surface area (Å²) in [6.07, 6.45) is 54.9. The van der Waals surface area contributed by atoms with Crippen LogP contribution >= 0.6 is 0 Å². The first-order chi connectivity index (χ1) is 20.3. The summed E-state index contributed by atoms with van der Waals surface area (Å²) in [5.74, 6) is 0. The average molecular weight is 575 g/mol. The SMILES string of the molecule is CCCC=C(CCCCCCCCCCCCCCCCCC)CCCCCCCCCCCCCCCCCC. The summed E-state index contributed by atoms with van der Waals surface area (Å²) < 4.78 is 0. The van der Waals surface area contributed by atoms with Gasteiger partial charge in [0.1, 0.15) is 0 Å². The molecule has 0 unspecified atom stereocenters. The van der Waals surface area contributed by atoms with Crippen LogP contribution in [-0.4, -0.2) is 0 Å². The zero-order chi connectivity index (χ0) is 29.7. The van der Waals surface area contributed by atoms with Crippen molar-refractivity contribution in [1.82, 2.24) is 0 Å². The minimum absolute atomic E-state index is 1.30. The van der Waals surface area contributed by atoms with Crippen molar-refractivity contribution in [3.8, 4) is 0 Å². The fraction of sp³-hybridized carbons (Fsp3) is 0.951. The number of hydrogen-bond acceptors (Lipinski definition) is 0. The van der Waals surface area contributed by atoms with Crippen LogP contribution in [0.3, 0.4) is 0 Å². The molecule has 0 aromatic heterocycles. The molecule has 0 aromatic carbocycles. The summed E-state index contributed by atoms with van der Waals surface area (Å²) in [5.41, 5.74) is 1.79. The van der Waals surface area contributed by atoms with Crippen LogP contribution in [0, 0.1) is 0 Å². The molecule has 0 rings (SSSR count). The lowest BCUT2D eigenvalue weighted by Gasteiger charge is -2.09. The highest BCUT2D eigenvalue weighted by Crippen LogP contribution is 2.20. The smallest absolute Gasteiger partial charge is 0.0320 e. The first kappa shape index (κ1) is 40.7. The third kappa shape index (κ3) is 35.8. The van der Waals surface area contributed by atoms with E-state index in [-0.39, 0.29) is 0 Å². The van der Waals surface area contributed by atoms with E-state index in [4.69, 9.17) is 0 Å². The van der Waals surface area contributed by atoms with Crippen LogP contribution in [0.4, 0.5) is 0 Å². The second kappa shape index (κ2) is 37.8. The fourth-order valence-corrected chi connectivity index (χ4v) is 6.48. The maximum atomic E-state index is 2.61. The molecular weight excluding hydrogens is 492 g/mol. The molecule has 0 aliphatic rings. The number of unbranched alkanes of at least 4 members (excludes halogenated alkanes) is 31. The highest BCUT2D eigenvalue weighted by molar-refractivity contribution is 5.01. The second-order valence-electron chi connectivity index (χ2n) is 13.8. The van der Waals surface area contributed by atoms with Gasteiger partial charge < -0.3 is 0 Å². The lowest BCUT2D eigenvalue weighted by atomic mass is 9.98. The van der Waals surface area contributed by atoms with Crippen LogP contribution in [-0.2, 0) is 0 Å². The summed E-state index contributed by atoms with van der Waals surface area (Å²) in [4.78, 5) is 0. The highest BCUT2D eigenvalue weighted by atomic mass is 14.1. The predicted molar refractivity (Wildman–Crippen MR) is 191 cm³/mol. The fourth-order valence-electron chi connectivity index (χ4n) is 6.48. The maximum Gasteiger partial charge on any atom is -0.0320 e. The van der Waals surface area contributed by atoms with E-state index in [2.05, 4.69) is 26.8 Å². The molecule has 0 amide bonds. The summed E-state index contributed by atoms with van der Waals surface area (Å²) in [7, 11) is 0. The maximum absolute atomic E-state index is 2.61. The molecule has 0 spiro atoms. The number of allylic oxidation sites excluding steroid dienone is 2. The molecule has 0 radical (unpaired) electrons. The Morgan fingerprint density at radius 1 is 0.268 bits per heavy atom. The molecule has 0 atom stereocenters. The van der Waals surface area contributed by atoms with Gasteiger partial charge in [0.15, 0.2) is 0 Å². The van der Waals surface area contributed by atoms with E-state index in [0.29, 0.717) is 0 Å².